The van der Waals surface area contributed by atoms with E-state index in [-0.39, 0.29) is 24.6 Å². The Hall–Kier alpha value is -3.56. The molecule has 0 spiro atoms. The summed E-state index contributed by atoms with van der Waals surface area (Å²) in [5, 5.41) is 3.27. The summed E-state index contributed by atoms with van der Waals surface area (Å²) >= 11 is 0. The molecule has 10 heteroatoms. The van der Waals surface area contributed by atoms with Gasteiger partial charge in [0.05, 0.1) is 23.8 Å². The predicted molar refractivity (Wildman–Crippen MR) is 113 cm³/mol. The number of nitrogens with one attached hydrogen (secondary N) is 1. The van der Waals surface area contributed by atoms with Crippen LogP contribution >= 0.6 is 0 Å². The molecule has 156 valence electrons. The zero-order chi connectivity index (χ0) is 21.1. The van der Waals surface area contributed by atoms with Gasteiger partial charge in [0.1, 0.15) is 6.54 Å². The van der Waals surface area contributed by atoms with E-state index in [1.54, 1.807) is 18.2 Å². The molecule has 3 heterocycles. The van der Waals surface area contributed by atoms with Gasteiger partial charge in [-0.05, 0) is 25.0 Å². The lowest BCUT2D eigenvalue weighted by Crippen LogP contribution is -2.33. The lowest BCUT2D eigenvalue weighted by Gasteiger charge is -2.19. The largest absolute Gasteiger partial charge is 0.347 e. The molecule has 0 atom stereocenters. The number of aromatic nitrogens is 5. The van der Waals surface area contributed by atoms with E-state index in [0.29, 0.717) is 28.6 Å². The topological polar surface area (TPSA) is 109 Å². The van der Waals surface area contributed by atoms with Crippen LogP contribution in [0.1, 0.15) is 18.7 Å². The van der Waals surface area contributed by atoms with E-state index in [4.69, 9.17) is 0 Å². The van der Waals surface area contributed by atoms with Crippen molar-refractivity contribution in [3.05, 3.63) is 46.8 Å². The normalized spacial score (nSPS) is 13.6. The molecule has 0 radical (unpaired) electrons. The van der Waals surface area contributed by atoms with Gasteiger partial charge in [-0.25, -0.2) is 4.98 Å². The van der Waals surface area contributed by atoms with E-state index in [2.05, 4.69) is 30.2 Å². The average Bonchev–Trinajstić information content (AvgIpc) is 3.29. The summed E-state index contributed by atoms with van der Waals surface area (Å²) in [6.07, 6.45) is 3.62. The number of para-hydroxylation sites is 1. The number of benzene rings is 1. The van der Waals surface area contributed by atoms with Gasteiger partial charge in [0, 0.05) is 27.2 Å². The molecule has 1 aliphatic rings. The standard InChI is InChI=1S/C20H24N8O2/c1-26(2)19-23-16(24-20(25-19)27-9-5-6-10-27)11-21-17(29)12-28-13-22-15-8-4-3-7-14(15)18(28)30/h3-4,7-8,13H,5-6,9-12H2,1-2H3,(H,21,29). The predicted octanol–water partition coefficient (Wildman–Crippen LogP) is 0.564. The van der Waals surface area contributed by atoms with Gasteiger partial charge >= 0.3 is 0 Å². The smallest absolute Gasteiger partial charge is 0.261 e. The fourth-order valence-electron chi connectivity index (χ4n) is 3.34. The average molecular weight is 408 g/mol. The molecular formula is C20H24N8O2. The number of hydrogen-bond donors (Lipinski definition) is 1. The number of anilines is 2. The van der Waals surface area contributed by atoms with Gasteiger partial charge in [0.15, 0.2) is 5.82 Å². The zero-order valence-corrected chi connectivity index (χ0v) is 17.1. The Kier molecular flexibility index (Phi) is 5.55. The van der Waals surface area contributed by atoms with Crippen LogP contribution in [-0.2, 0) is 17.9 Å². The second-order valence-electron chi connectivity index (χ2n) is 7.41. The van der Waals surface area contributed by atoms with Crippen LogP contribution in [0.3, 0.4) is 0 Å². The highest BCUT2D eigenvalue weighted by Gasteiger charge is 2.18. The van der Waals surface area contributed by atoms with Crippen LogP contribution in [0.25, 0.3) is 10.9 Å². The molecule has 3 aromatic rings. The Morgan fingerprint density at radius 2 is 1.90 bits per heavy atom. The molecule has 0 saturated carbocycles. The van der Waals surface area contributed by atoms with Crippen LogP contribution in [0.4, 0.5) is 11.9 Å². The summed E-state index contributed by atoms with van der Waals surface area (Å²) in [5.41, 5.74) is 0.358. The minimum atomic E-state index is -0.316. The summed E-state index contributed by atoms with van der Waals surface area (Å²) in [6, 6.07) is 7.06. The summed E-state index contributed by atoms with van der Waals surface area (Å²) in [7, 11) is 3.73. The van der Waals surface area contributed by atoms with Crippen molar-refractivity contribution in [2.45, 2.75) is 25.9 Å². The van der Waals surface area contributed by atoms with Crippen LogP contribution in [0, 0.1) is 0 Å². The maximum Gasteiger partial charge on any atom is 0.261 e. The molecule has 2 aromatic heterocycles. The van der Waals surface area contributed by atoms with Crippen molar-refractivity contribution in [3.63, 3.8) is 0 Å². The maximum atomic E-state index is 12.5. The number of carbonyl (C=O) groups is 1. The third-order valence-electron chi connectivity index (χ3n) is 4.94. The first-order valence-electron chi connectivity index (χ1n) is 9.89. The van der Waals surface area contributed by atoms with Crippen LogP contribution in [-0.4, -0.2) is 57.6 Å². The molecule has 30 heavy (non-hydrogen) atoms. The molecule has 1 saturated heterocycles. The van der Waals surface area contributed by atoms with Gasteiger partial charge in [-0.2, -0.15) is 15.0 Å². The molecule has 1 aliphatic heterocycles. The number of fused-ring (bicyclic) bond motifs is 1. The van der Waals surface area contributed by atoms with E-state index in [1.807, 2.05) is 25.1 Å². The van der Waals surface area contributed by atoms with Gasteiger partial charge in [-0.15, -0.1) is 0 Å². The first-order chi connectivity index (χ1) is 14.5. The Balaban J connectivity index is 1.47. The molecule has 4 rings (SSSR count). The van der Waals surface area contributed by atoms with Crippen molar-refractivity contribution in [2.24, 2.45) is 0 Å². The van der Waals surface area contributed by atoms with Gasteiger partial charge in [0.25, 0.3) is 5.56 Å². The van der Waals surface area contributed by atoms with E-state index in [9.17, 15) is 9.59 Å². The molecule has 1 amide bonds. The lowest BCUT2D eigenvalue weighted by atomic mass is 10.2. The van der Waals surface area contributed by atoms with Crippen molar-refractivity contribution >= 4 is 28.7 Å². The molecule has 0 bridgehead atoms. The molecule has 0 aliphatic carbocycles. The highest BCUT2D eigenvalue weighted by molar-refractivity contribution is 5.78. The summed E-state index contributed by atoms with van der Waals surface area (Å²) in [6.45, 7) is 1.86. The first-order valence-corrected chi connectivity index (χ1v) is 9.89. The maximum absolute atomic E-state index is 12.5. The summed E-state index contributed by atoms with van der Waals surface area (Å²) in [5.74, 6) is 1.34. The zero-order valence-electron chi connectivity index (χ0n) is 17.1. The monoisotopic (exact) mass is 408 g/mol. The quantitative estimate of drug-likeness (QED) is 0.630. The number of amides is 1. The number of rotatable bonds is 6. The fraction of sp³-hybridized carbons (Fsp3) is 0.400. The number of hydrogen-bond acceptors (Lipinski definition) is 8. The molecular weight excluding hydrogens is 384 g/mol. The van der Waals surface area contributed by atoms with Gasteiger partial charge in [-0.3, -0.25) is 14.2 Å². The Morgan fingerprint density at radius 1 is 1.13 bits per heavy atom. The van der Waals surface area contributed by atoms with Crippen molar-refractivity contribution in [3.8, 4) is 0 Å². The van der Waals surface area contributed by atoms with Crippen molar-refractivity contribution in [1.29, 1.82) is 0 Å². The Morgan fingerprint density at radius 3 is 2.67 bits per heavy atom. The molecule has 1 fully saturated rings. The van der Waals surface area contributed by atoms with Crippen molar-refractivity contribution < 1.29 is 4.79 Å². The highest BCUT2D eigenvalue weighted by Crippen LogP contribution is 2.17. The first kappa shape index (κ1) is 19.7. The SMILES string of the molecule is CN(C)c1nc(CNC(=O)Cn2cnc3ccccc3c2=O)nc(N2CCCC2)n1. The second-order valence-corrected chi connectivity index (χ2v) is 7.41. The Labute approximate surface area is 173 Å². The van der Waals surface area contributed by atoms with Crippen LogP contribution in [0.15, 0.2) is 35.4 Å². The van der Waals surface area contributed by atoms with E-state index < -0.39 is 0 Å². The minimum Gasteiger partial charge on any atom is -0.347 e. The lowest BCUT2D eigenvalue weighted by molar-refractivity contribution is -0.121. The van der Waals surface area contributed by atoms with E-state index in [1.165, 1.54) is 10.9 Å². The van der Waals surface area contributed by atoms with Crippen LogP contribution < -0.4 is 20.7 Å². The van der Waals surface area contributed by atoms with Crippen molar-refractivity contribution in [2.75, 3.05) is 37.0 Å². The van der Waals surface area contributed by atoms with E-state index in [0.717, 1.165) is 25.9 Å². The highest BCUT2D eigenvalue weighted by atomic mass is 16.2. The molecule has 1 aromatic carbocycles. The third kappa shape index (κ3) is 4.22. The Bertz CT molecular complexity index is 1120. The second kappa shape index (κ2) is 8.44. The molecule has 1 N–H and O–H groups in total. The van der Waals surface area contributed by atoms with E-state index >= 15 is 0 Å². The number of carbonyl (C=O) groups excluding carboxylic acids is 1. The molecule has 0 unspecified atom stereocenters. The van der Waals surface area contributed by atoms with Gasteiger partial charge < -0.3 is 15.1 Å². The van der Waals surface area contributed by atoms with Crippen LogP contribution in [0.5, 0.6) is 0 Å². The fourth-order valence-corrected chi connectivity index (χ4v) is 3.34. The minimum absolute atomic E-state index is 0.124. The third-order valence-corrected chi connectivity index (χ3v) is 4.94. The number of nitrogens with zero attached hydrogens (tertiary/aromatic N) is 7. The van der Waals surface area contributed by atoms with Gasteiger partial charge in [-0.1, -0.05) is 12.1 Å². The summed E-state index contributed by atoms with van der Waals surface area (Å²) < 4.78 is 1.30. The molecule has 10 nitrogen and oxygen atoms in total. The van der Waals surface area contributed by atoms with Gasteiger partial charge in [0.2, 0.25) is 17.8 Å². The van der Waals surface area contributed by atoms with Crippen LogP contribution in [0.2, 0.25) is 0 Å². The summed E-state index contributed by atoms with van der Waals surface area (Å²) in [4.78, 5) is 46.6. The van der Waals surface area contributed by atoms with Crippen molar-refractivity contribution in [1.82, 2.24) is 29.8 Å².